The second-order valence-electron chi connectivity index (χ2n) is 5.09. The van der Waals surface area contributed by atoms with Crippen molar-refractivity contribution in [2.45, 2.75) is 32.9 Å². The van der Waals surface area contributed by atoms with Crippen LogP contribution in [0.1, 0.15) is 29.7 Å². The number of aromatic amines is 1. The number of rotatable bonds is 3. The lowest BCUT2D eigenvalue weighted by molar-refractivity contribution is 0.304. The summed E-state index contributed by atoms with van der Waals surface area (Å²) in [6.45, 7) is 7.27. The molecule has 1 fully saturated rings. The van der Waals surface area contributed by atoms with Gasteiger partial charge in [-0.2, -0.15) is 5.10 Å². The number of aromatic nitrogens is 4. The van der Waals surface area contributed by atoms with Crippen LogP contribution < -0.4 is 0 Å². The van der Waals surface area contributed by atoms with Crippen molar-refractivity contribution in [2.75, 3.05) is 13.1 Å². The number of hydrogen-bond donors (Lipinski definition) is 1. The Morgan fingerprint density at radius 3 is 3.00 bits per heavy atom. The number of hydrogen-bond acceptors (Lipinski definition) is 3. The molecule has 0 unspecified atom stereocenters. The highest BCUT2D eigenvalue weighted by molar-refractivity contribution is 5.08. The lowest BCUT2D eigenvalue weighted by Crippen LogP contribution is -2.22. The van der Waals surface area contributed by atoms with Gasteiger partial charge in [0.15, 0.2) is 0 Å². The van der Waals surface area contributed by atoms with E-state index < -0.39 is 0 Å². The van der Waals surface area contributed by atoms with Crippen LogP contribution in [0, 0.1) is 13.8 Å². The van der Waals surface area contributed by atoms with E-state index in [1.165, 1.54) is 12.1 Å². The smallest absolute Gasteiger partial charge is 0.120 e. The molecule has 0 aliphatic carbocycles. The monoisotopic (exact) mass is 245 g/mol. The number of aryl methyl sites for hydroxylation is 2. The predicted molar refractivity (Wildman–Crippen MR) is 69.2 cm³/mol. The number of H-pyrrole nitrogens is 1. The van der Waals surface area contributed by atoms with Gasteiger partial charge in [-0.25, -0.2) is 4.98 Å². The van der Waals surface area contributed by atoms with Crippen molar-refractivity contribution in [3.63, 3.8) is 0 Å². The molecule has 0 spiro atoms. The third kappa shape index (κ3) is 2.18. The van der Waals surface area contributed by atoms with Gasteiger partial charge in [-0.3, -0.25) is 9.58 Å². The van der Waals surface area contributed by atoms with Gasteiger partial charge in [0.05, 0.1) is 18.3 Å². The summed E-state index contributed by atoms with van der Waals surface area (Å²) in [6.07, 6.45) is 4.86. The zero-order valence-corrected chi connectivity index (χ0v) is 10.9. The standard InChI is InChI=1S/C13H19N5/c1-10-7-11(2)18(16-10)12-3-6-17(8-12)9-13-14-4-5-15-13/h4-5,7,12H,3,6,8-9H2,1-2H3,(H,14,15)/t12-/m1/s1. The topological polar surface area (TPSA) is 49.7 Å². The summed E-state index contributed by atoms with van der Waals surface area (Å²) in [7, 11) is 0. The van der Waals surface area contributed by atoms with Crippen molar-refractivity contribution in [3.05, 3.63) is 35.7 Å². The lowest BCUT2D eigenvalue weighted by atomic mass is 10.2. The quantitative estimate of drug-likeness (QED) is 0.895. The van der Waals surface area contributed by atoms with Crippen LogP contribution in [-0.2, 0) is 6.54 Å². The molecule has 96 valence electrons. The summed E-state index contributed by atoms with van der Waals surface area (Å²) in [4.78, 5) is 9.87. The first-order valence-electron chi connectivity index (χ1n) is 6.46. The second kappa shape index (κ2) is 4.57. The van der Waals surface area contributed by atoms with Crippen LogP contribution in [0.5, 0.6) is 0 Å². The Morgan fingerprint density at radius 2 is 2.33 bits per heavy atom. The van der Waals surface area contributed by atoms with E-state index >= 15 is 0 Å². The Kier molecular flexibility index (Phi) is 2.91. The molecule has 1 aliphatic heterocycles. The molecule has 1 saturated heterocycles. The summed E-state index contributed by atoms with van der Waals surface area (Å²) in [5.41, 5.74) is 2.37. The van der Waals surface area contributed by atoms with E-state index in [2.05, 4.69) is 44.6 Å². The Balaban J connectivity index is 1.66. The van der Waals surface area contributed by atoms with Crippen LogP contribution >= 0.6 is 0 Å². The molecule has 3 rings (SSSR count). The number of imidazole rings is 1. The highest BCUT2D eigenvalue weighted by Crippen LogP contribution is 2.23. The van der Waals surface area contributed by atoms with Crippen LogP contribution in [0.25, 0.3) is 0 Å². The molecule has 2 aromatic heterocycles. The van der Waals surface area contributed by atoms with E-state index in [4.69, 9.17) is 0 Å². The minimum absolute atomic E-state index is 0.508. The van der Waals surface area contributed by atoms with Crippen LogP contribution in [0.4, 0.5) is 0 Å². The van der Waals surface area contributed by atoms with Gasteiger partial charge in [0.25, 0.3) is 0 Å². The van der Waals surface area contributed by atoms with Gasteiger partial charge >= 0.3 is 0 Å². The summed E-state index contributed by atoms with van der Waals surface area (Å²) in [6, 6.07) is 2.66. The maximum atomic E-state index is 4.59. The lowest BCUT2D eigenvalue weighted by Gasteiger charge is -2.15. The number of nitrogens with zero attached hydrogens (tertiary/aromatic N) is 4. The van der Waals surface area contributed by atoms with E-state index in [-0.39, 0.29) is 0 Å². The molecule has 0 radical (unpaired) electrons. The maximum Gasteiger partial charge on any atom is 0.120 e. The first kappa shape index (κ1) is 11.5. The molecule has 3 heterocycles. The molecule has 5 heteroatoms. The fourth-order valence-electron chi connectivity index (χ4n) is 2.77. The van der Waals surface area contributed by atoms with Crippen molar-refractivity contribution in [1.82, 2.24) is 24.6 Å². The molecule has 0 bridgehead atoms. The van der Waals surface area contributed by atoms with Gasteiger partial charge < -0.3 is 4.98 Å². The predicted octanol–water partition coefficient (Wildman–Crippen LogP) is 1.67. The van der Waals surface area contributed by atoms with Crippen LogP contribution in [0.15, 0.2) is 18.5 Å². The molecule has 1 aliphatic rings. The van der Waals surface area contributed by atoms with E-state index in [0.717, 1.165) is 31.2 Å². The molecule has 2 aromatic rings. The van der Waals surface area contributed by atoms with Gasteiger partial charge in [-0.1, -0.05) is 0 Å². The average molecular weight is 245 g/mol. The normalized spacial score (nSPS) is 20.7. The first-order valence-corrected chi connectivity index (χ1v) is 6.46. The minimum Gasteiger partial charge on any atom is -0.348 e. The molecule has 0 saturated carbocycles. The molecular formula is C13H19N5. The largest absolute Gasteiger partial charge is 0.348 e. The molecule has 1 atom stereocenters. The molecule has 5 nitrogen and oxygen atoms in total. The van der Waals surface area contributed by atoms with Gasteiger partial charge in [-0.05, 0) is 26.3 Å². The van der Waals surface area contributed by atoms with Crippen molar-refractivity contribution in [1.29, 1.82) is 0 Å². The van der Waals surface area contributed by atoms with Crippen LogP contribution in [0.3, 0.4) is 0 Å². The molecule has 1 N–H and O–H groups in total. The second-order valence-corrected chi connectivity index (χ2v) is 5.09. The maximum absolute atomic E-state index is 4.59. The van der Waals surface area contributed by atoms with Gasteiger partial charge in [0.2, 0.25) is 0 Å². The van der Waals surface area contributed by atoms with Crippen molar-refractivity contribution in [2.24, 2.45) is 0 Å². The van der Waals surface area contributed by atoms with Crippen molar-refractivity contribution < 1.29 is 0 Å². The zero-order valence-electron chi connectivity index (χ0n) is 10.9. The van der Waals surface area contributed by atoms with Crippen molar-refractivity contribution in [3.8, 4) is 0 Å². The third-order valence-electron chi connectivity index (χ3n) is 3.57. The summed E-state index contributed by atoms with van der Waals surface area (Å²) < 4.78 is 2.18. The van der Waals surface area contributed by atoms with Gasteiger partial charge in [0.1, 0.15) is 5.82 Å². The number of likely N-dealkylation sites (tertiary alicyclic amines) is 1. The Morgan fingerprint density at radius 1 is 1.44 bits per heavy atom. The van der Waals surface area contributed by atoms with E-state index in [9.17, 15) is 0 Å². The molecule has 0 amide bonds. The van der Waals surface area contributed by atoms with E-state index in [1.54, 1.807) is 0 Å². The summed E-state index contributed by atoms with van der Waals surface area (Å²) in [5, 5.41) is 4.59. The zero-order chi connectivity index (χ0) is 12.5. The summed E-state index contributed by atoms with van der Waals surface area (Å²) in [5.74, 6) is 1.05. The third-order valence-corrected chi connectivity index (χ3v) is 3.57. The minimum atomic E-state index is 0.508. The number of nitrogens with one attached hydrogen (secondary N) is 1. The average Bonchev–Trinajstić information content (AvgIpc) is 3.01. The highest BCUT2D eigenvalue weighted by Gasteiger charge is 2.25. The Labute approximate surface area is 107 Å². The van der Waals surface area contributed by atoms with Crippen LogP contribution in [0.2, 0.25) is 0 Å². The molecule has 0 aromatic carbocycles. The fraction of sp³-hybridized carbons (Fsp3) is 0.538. The van der Waals surface area contributed by atoms with Gasteiger partial charge in [0, 0.05) is 31.2 Å². The van der Waals surface area contributed by atoms with Crippen molar-refractivity contribution >= 4 is 0 Å². The van der Waals surface area contributed by atoms with E-state index in [1.807, 2.05) is 12.4 Å². The van der Waals surface area contributed by atoms with Crippen LogP contribution in [-0.4, -0.2) is 37.7 Å². The summed E-state index contributed by atoms with van der Waals surface area (Å²) >= 11 is 0. The van der Waals surface area contributed by atoms with Gasteiger partial charge in [-0.15, -0.1) is 0 Å². The fourth-order valence-corrected chi connectivity index (χ4v) is 2.77. The molecule has 18 heavy (non-hydrogen) atoms. The Hall–Kier alpha value is -1.62. The van der Waals surface area contributed by atoms with E-state index in [0.29, 0.717) is 6.04 Å². The highest BCUT2D eigenvalue weighted by atomic mass is 15.3. The SMILES string of the molecule is Cc1cc(C)n([C@@H]2CCN(Cc3ncc[nH]3)C2)n1. The first-order chi connectivity index (χ1) is 8.72. The molecular weight excluding hydrogens is 226 g/mol. The Bertz CT molecular complexity index is 513.